The molecule has 0 aliphatic rings. The first kappa shape index (κ1) is 10.4. The quantitative estimate of drug-likeness (QED) is 0.855. The van der Waals surface area contributed by atoms with E-state index in [-0.39, 0.29) is 0 Å². The van der Waals surface area contributed by atoms with Gasteiger partial charge in [-0.25, -0.2) is 0 Å². The molecule has 0 saturated heterocycles. The summed E-state index contributed by atoms with van der Waals surface area (Å²) in [5, 5.41) is 9.63. The number of rotatable bonds is 4. The smallest absolute Gasteiger partial charge is 0.0537 e. The van der Waals surface area contributed by atoms with Gasteiger partial charge in [-0.05, 0) is 18.5 Å². The lowest BCUT2D eigenvalue weighted by atomic mass is 10.1. The average Bonchev–Trinajstić information content (AvgIpc) is 2.85. The Hall–Kier alpha value is -1.13. The Morgan fingerprint density at radius 3 is 3.00 bits per heavy atom. The normalized spacial score (nSPS) is 12.9. The summed E-state index contributed by atoms with van der Waals surface area (Å²) in [5.41, 5.74) is 1.24. The van der Waals surface area contributed by atoms with Gasteiger partial charge in [0.2, 0.25) is 0 Å². The van der Waals surface area contributed by atoms with Crippen LogP contribution >= 0.6 is 11.3 Å². The van der Waals surface area contributed by atoms with Crippen molar-refractivity contribution in [1.82, 2.24) is 15.1 Å². The molecule has 0 bridgehead atoms. The summed E-state index contributed by atoms with van der Waals surface area (Å²) in [7, 11) is 3.94. The zero-order chi connectivity index (χ0) is 10.7. The van der Waals surface area contributed by atoms with Gasteiger partial charge in [-0.1, -0.05) is 6.07 Å². The zero-order valence-corrected chi connectivity index (χ0v) is 9.79. The minimum atomic E-state index is 0.359. The predicted octanol–water partition coefficient (Wildman–Crippen LogP) is 1.98. The minimum Gasteiger partial charge on any atom is -0.313 e. The highest BCUT2D eigenvalue weighted by molar-refractivity contribution is 7.09. The van der Waals surface area contributed by atoms with Crippen LogP contribution in [0.4, 0.5) is 0 Å². The van der Waals surface area contributed by atoms with Gasteiger partial charge in [0.1, 0.15) is 0 Å². The van der Waals surface area contributed by atoms with Crippen molar-refractivity contribution in [3.05, 3.63) is 40.3 Å². The fraction of sp³-hybridized carbons (Fsp3) is 0.364. The Morgan fingerprint density at radius 2 is 2.47 bits per heavy atom. The highest BCUT2D eigenvalue weighted by Crippen LogP contribution is 2.20. The monoisotopic (exact) mass is 221 g/mol. The molecule has 0 fully saturated rings. The molecule has 2 heterocycles. The Morgan fingerprint density at radius 1 is 1.60 bits per heavy atom. The molecule has 0 amide bonds. The molecule has 0 aromatic carbocycles. The molecule has 4 heteroatoms. The molecule has 3 nitrogen and oxygen atoms in total. The first-order chi connectivity index (χ1) is 7.29. The third-order valence-corrected chi connectivity index (χ3v) is 3.36. The number of hydrogen-bond acceptors (Lipinski definition) is 3. The summed E-state index contributed by atoms with van der Waals surface area (Å²) >= 11 is 1.80. The molecule has 2 rings (SSSR count). The molecule has 15 heavy (non-hydrogen) atoms. The predicted molar refractivity (Wildman–Crippen MR) is 63.0 cm³/mol. The second-order valence-electron chi connectivity index (χ2n) is 3.57. The molecule has 2 aromatic rings. The van der Waals surface area contributed by atoms with E-state index in [4.69, 9.17) is 0 Å². The van der Waals surface area contributed by atoms with Crippen LogP contribution in [0.25, 0.3) is 0 Å². The first-order valence-electron chi connectivity index (χ1n) is 4.98. The SMILES string of the molecule is CNC(Cc1cccs1)c1cnn(C)c1. The van der Waals surface area contributed by atoms with Gasteiger partial charge in [0, 0.05) is 36.1 Å². The highest BCUT2D eigenvalue weighted by Gasteiger charge is 2.11. The molecule has 80 valence electrons. The molecule has 0 aliphatic heterocycles. The van der Waals surface area contributed by atoms with Crippen LogP contribution in [0.3, 0.4) is 0 Å². The lowest BCUT2D eigenvalue weighted by Gasteiger charge is -2.12. The van der Waals surface area contributed by atoms with Crippen molar-refractivity contribution in [2.45, 2.75) is 12.5 Å². The van der Waals surface area contributed by atoms with Gasteiger partial charge in [0.25, 0.3) is 0 Å². The largest absolute Gasteiger partial charge is 0.313 e. The number of nitrogens with one attached hydrogen (secondary N) is 1. The van der Waals surface area contributed by atoms with Crippen LogP contribution in [-0.2, 0) is 13.5 Å². The van der Waals surface area contributed by atoms with E-state index in [0.717, 1.165) is 6.42 Å². The number of thiophene rings is 1. The zero-order valence-electron chi connectivity index (χ0n) is 8.97. The minimum absolute atomic E-state index is 0.359. The maximum Gasteiger partial charge on any atom is 0.0537 e. The summed E-state index contributed by atoms with van der Waals surface area (Å²) in [5.74, 6) is 0. The van der Waals surface area contributed by atoms with Crippen LogP contribution in [0.1, 0.15) is 16.5 Å². The topological polar surface area (TPSA) is 29.9 Å². The molecule has 0 radical (unpaired) electrons. The van der Waals surface area contributed by atoms with Crippen molar-refractivity contribution >= 4 is 11.3 Å². The second kappa shape index (κ2) is 4.59. The van der Waals surface area contributed by atoms with E-state index in [1.54, 1.807) is 11.3 Å². The van der Waals surface area contributed by atoms with Gasteiger partial charge >= 0.3 is 0 Å². The number of likely N-dealkylation sites (N-methyl/N-ethyl adjacent to an activating group) is 1. The number of aryl methyl sites for hydroxylation is 1. The van der Waals surface area contributed by atoms with E-state index < -0.39 is 0 Å². The number of hydrogen-bond donors (Lipinski definition) is 1. The van der Waals surface area contributed by atoms with Crippen molar-refractivity contribution in [2.75, 3.05) is 7.05 Å². The number of nitrogens with zero attached hydrogens (tertiary/aromatic N) is 2. The second-order valence-corrected chi connectivity index (χ2v) is 4.60. The van der Waals surface area contributed by atoms with Crippen LogP contribution in [0.5, 0.6) is 0 Å². The maximum atomic E-state index is 4.19. The Bertz CT molecular complexity index is 405. The first-order valence-corrected chi connectivity index (χ1v) is 5.85. The van der Waals surface area contributed by atoms with Crippen LogP contribution in [0.15, 0.2) is 29.9 Å². The van der Waals surface area contributed by atoms with Crippen LogP contribution in [0, 0.1) is 0 Å². The average molecular weight is 221 g/mol. The van der Waals surface area contributed by atoms with Crippen molar-refractivity contribution in [1.29, 1.82) is 0 Å². The summed E-state index contributed by atoms with van der Waals surface area (Å²) in [6.45, 7) is 0. The third-order valence-electron chi connectivity index (χ3n) is 2.46. The Kier molecular flexibility index (Phi) is 3.18. The lowest BCUT2D eigenvalue weighted by Crippen LogP contribution is -2.17. The number of aromatic nitrogens is 2. The van der Waals surface area contributed by atoms with Gasteiger partial charge in [-0.3, -0.25) is 4.68 Å². The fourth-order valence-corrected chi connectivity index (χ4v) is 2.39. The standard InChI is InChI=1S/C11H15N3S/c1-12-11(6-10-4-3-5-15-10)9-7-13-14(2)8-9/h3-5,7-8,11-12H,6H2,1-2H3. The van der Waals surface area contributed by atoms with Crippen LogP contribution in [-0.4, -0.2) is 16.8 Å². The van der Waals surface area contributed by atoms with Crippen molar-refractivity contribution < 1.29 is 0 Å². The molecular formula is C11H15N3S. The van der Waals surface area contributed by atoms with E-state index in [2.05, 4.69) is 34.1 Å². The summed E-state index contributed by atoms with van der Waals surface area (Å²) in [6, 6.07) is 4.62. The van der Waals surface area contributed by atoms with E-state index in [9.17, 15) is 0 Å². The van der Waals surface area contributed by atoms with E-state index in [1.807, 2.05) is 25.0 Å². The summed E-state index contributed by atoms with van der Waals surface area (Å²) in [4.78, 5) is 1.40. The van der Waals surface area contributed by atoms with E-state index in [1.165, 1.54) is 10.4 Å². The summed E-state index contributed by atoms with van der Waals surface area (Å²) < 4.78 is 1.84. The van der Waals surface area contributed by atoms with Gasteiger partial charge in [0.05, 0.1) is 6.20 Å². The van der Waals surface area contributed by atoms with Crippen molar-refractivity contribution in [3.63, 3.8) is 0 Å². The van der Waals surface area contributed by atoms with Crippen molar-refractivity contribution in [2.24, 2.45) is 7.05 Å². The van der Waals surface area contributed by atoms with Crippen LogP contribution in [0.2, 0.25) is 0 Å². The molecule has 1 atom stereocenters. The molecule has 1 N–H and O–H groups in total. The van der Waals surface area contributed by atoms with Gasteiger partial charge in [-0.15, -0.1) is 11.3 Å². The fourth-order valence-electron chi connectivity index (χ4n) is 1.64. The third kappa shape index (κ3) is 2.46. The Labute approximate surface area is 93.7 Å². The van der Waals surface area contributed by atoms with E-state index in [0.29, 0.717) is 6.04 Å². The molecule has 1 unspecified atom stereocenters. The van der Waals surface area contributed by atoms with Gasteiger partial charge in [-0.2, -0.15) is 5.10 Å². The molecule has 0 saturated carbocycles. The summed E-state index contributed by atoms with van der Waals surface area (Å²) in [6.07, 6.45) is 5.02. The molecule has 0 spiro atoms. The molecule has 0 aliphatic carbocycles. The van der Waals surface area contributed by atoms with E-state index >= 15 is 0 Å². The lowest BCUT2D eigenvalue weighted by molar-refractivity contribution is 0.596. The molecule has 2 aromatic heterocycles. The highest BCUT2D eigenvalue weighted by atomic mass is 32.1. The van der Waals surface area contributed by atoms with Crippen molar-refractivity contribution in [3.8, 4) is 0 Å². The van der Waals surface area contributed by atoms with Crippen LogP contribution < -0.4 is 5.32 Å². The Balaban J connectivity index is 2.11. The maximum absolute atomic E-state index is 4.19. The molecular weight excluding hydrogens is 206 g/mol. The van der Waals surface area contributed by atoms with Gasteiger partial charge < -0.3 is 5.32 Å². The van der Waals surface area contributed by atoms with Gasteiger partial charge in [0.15, 0.2) is 0 Å².